The van der Waals surface area contributed by atoms with Crippen LogP contribution in [0.5, 0.6) is 0 Å². The van der Waals surface area contributed by atoms with Crippen molar-refractivity contribution in [2.75, 3.05) is 0 Å². The first-order valence-electron chi connectivity index (χ1n) is 3.65. The molecule has 0 unspecified atom stereocenters. The van der Waals surface area contributed by atoms with Gasteiger partial charge in [-0.3, -0.25) is 0 Å². The highest BCUT2D eigenvalue weighted by Gasteiger charge is 2.01. The van der Waals surface area contributed by atoms with E-state index in [9.17, 15) is 0 Å². The van der Waals surface area contributed by atoms with E-state index in [4.69, 9.17) is 5.26 Å². The summed E-state index contributed by atoms with van der Waals surface area (Å²) in [5.41, 5.74) is 1.20. The summed E-state index contributed by atoms with van der Waals surface area (Å²) in [6, 6.07) is 8.14. The van der Waals surface area contributed by atoms with Crippen molar-refractivity contribution < 1.29 is 4.57 Å². The van der Waals surface area contributed by atoms with Crippen LogP contribution in [0, 0.1) is 11.3 Å². The van der Waals surface area contributed by atoms with Gasteiger partial charge in [-0.15, -0.1) is 0 Å². The molecule has 2 nitrogen and oxygen atoms in total. The van der Waals surface area contributed by atoms with E-state index in [1.54, 1.807) is 0 Å². The third kappa shape index (κ3) is 2.05. The molecule has 0 N–H and O–H groups in total. The third-order valence-electron chi connectivity index (χ3n) is 1.66. The lowest BCUT2D eigenvalue weighted by Crippen LogP contribution is -2.32. The largest absolute Gasteiger partial charge is 0.205 e. The van der Waals surface area contributed by atoms with Crippen molar-refractivity contribution in [3.8, 4) is 6.07 Å². The van der Waals surface area contributed by atoms with Gasteiger partial charge in [0.2, 0.25) is 0 Å². The molecule has 1 aromatic heterocycles. The zero-order valence-corrected chi connectivity index (χ0v) is 6.62. The summed E-state index contributed by atoms with van der Waals surface area (Å²) < 4.78 is 2.04. The van der Waals surface area contributed by atoms with Crippen LogP contribution in [0.4, 0.5) is 0 Å². The van der Waals surface area contributed by atoms with Gasteiger partial charge in [-0.1, -0.05) is 6.07 Å². The molecule has 1 rings (SSSR count). The van der Waals surface area contributed by atoms with E-state index in [1.165, 1.54) is 5.69 Å². The molecule has 0 aliphatic rings. The van der Waals surface area contributed by atoms with Gasteiger partial charge >= 0.3 is 0 Å². The fourth-order valence-corrected chi connectivity index (χ4v) is 1.00. The molecule has 0 amide bonds. The van der Waals surface area contributed by atoms with Gasteiger partial charge in [-0.25, -0.2) is 4.57 Å². The van der Waals surface area contributed by atoms with E-state index in [0.29, 0.717) is 6.42 Å². The van der Waals surface area contributed by atoms with Gasteiger partial charge in [0.15, 0.2) is 11.9 Å². The normalized spacial score (nSPS) is 9.09. The Morgan fingerprint density at radius 3 is 3.00 bits per heavy atom. The molecule has 0 saturated carbocycles. The van der Waals surface area contributed by atoms with Crippen molar-refractivity contribution in [2.45, 2.75) is 12.8 Å². The van der Waals surface area contributed by atoms with Crippen molar-refractivity contribution in [2.24, 2.45) is 7.05 Å². The Morgan fingerprint density at radius 1 is 1.55 bits per heavy atom. The van der Waals surface area contributed by atoms with Crippen molar-refractivity contribution >= 4 is 0 Å². The van der Waals surface area contributed by atoms with Crippen LogP contribution in [0.25, 0.3) is 0 Å². The third-order valence-corrected chi connectivity index (χ3v) is 1.66. The summed E-state index contributed by atoms with van der Waals surface area (Å²) in [6.07, 6.45) is 3.43. The Bertz CT molecular complexity index is 273. The fourth-order valence-electron chi connectivity index (χ4n) is 1.00. The predicted molar refractivity (Wildman–Crippen MR) is 41.6 cm³/mol. The molecule has 0 fully saturated rings. The van der Waals surface area contributed by atoms with Crippen LogP contribution in [-0.4, -0.2) is 0 Å². The van der Waals surface area contributed by atoms with E-state index in [0.717, 1.165) is 6.42 Å². The van der Waals surface area contributed by atoms with Gasteiger partial charge < -0.3 is 0 Å². The molecule has 0 radical (unpaired) electrons. The number of aryl methyl sites for hydroxylation is 2. The predicted octanol–water partition coefficient (Wildman–Crippen LogP) is 0.967. The van der Waals surface area contributed by atoms with Gasteiger partial charge in [-0.2, -0.15) is 5.26 Å². The first-order chi connectivity index (χ1) is 5.34. The molecule has 0 spiro atoms. The Balaban J connectivity index is 2.71. The second kappa shape index (κ2) is 3.72. The highest BCUT2D eigenvalue weighted by Crippen LogP contribution is 1.94. The van der Waals surface area contributed by atoms with Crippen LogP contribution in [-0.2, 0) is 13.5 Å². The summed E-state index contributed by atoms with van der Waals surface area (Å²) >= 11 is 0. The molecule has 1 heterocycles. The lowest BCUT2D eigenvalue weighted by molar-refractivity contribution is -0.679. The van der Waals surface area contributed by atoms with E-state index in [-0.39, 0.29) is 0 Å². The maximum Gasteiger partial charge on any atom is 0.182 e. The van der Waals surface area contributed by atoms with E-state index in [1.807, 2.05) is 36.0 Å². The average molecular weight is 147 g/mol. The maximum atomic E-state index is 8.36. The molecular formula is C9H11N2+. The number of hydrogen-bond acceptors (Lipinski definition) is 1. The lowest BCUT2D eigenvalue weighted by atomic mass is 10.2. The second-order valence-electron chi connectivity index (χ2n) is 2.46. The Morgan fingerprint density at radius 2 is 2.36 bits per heavy atom. The van der Waals surface area contributed by atoms with Crippen LogP contribution in [0.2, 0.25) is 0 Å². The molecule has 0 aromatic carbocycles. The molecule has 56 valence electrons. The number of aromatic nitrogens is 1. The summed E-state index contributed by atoms with van der Waals surface area (Å²) in [6.45, 7) is 0. The highest BCUT2D eigenvalue weighted by atomic mass is 14.9. The average Bonchev–Trinajstić information content (AvgIpc) is 2.03. The zero-order chi connectivity index (χ0) is 8.10. The van der Waals surface area contributed by atoms with Gasteiger partial charge in [-0.05, 0) is 0 Å². The van der Waals surface area contributed by atoms with Gasteiger partial charge in [0.1, 0.15) is 7.05 Å². The van der Waals surface area contributed by atoms with Crippen LogP contribution in [0.15, 0.2) is 24.4 Å². The van der Waals surface area contributed by atoms with E-state index in [2.05, 4.69) is 6.07 Å². The van der Waals surface area contributed by atoms with Crippen LogP contribution < -0.4 is 4.57 Å². The monoisotopic (exact) mass is 147 g/mol. The number of nitriles is 1. The standard InChI is InChI=1S/C9H11N2/c1-11-8-3-2-5-9(11)6-4-7-10/h2-3,5,8H,4,6H2,1H3/q+1. The molecule has 0 aliphatic heterocycles. The minimum Gasteiger partial charge on any atom is -0.205 e. The van der Waals surface area contributed by atoms with Gasteiger partial charge in [0.05, 0.1) is 6.07 Å². The van der Waals surface area contributed by atoms with Crippen molar-refractivity contribution in [1.82, 2.24) is 0 Å². The topological polar surface area (TPSA) is 27.7 Å². The second-order valence-corrected chi connectivity index (χ2v) is 2.46. The minimum atomic E-state index is 0.595. The van der Waals surface area contributed by atoms with E-state index < -0.39 is 0 Å². The summed E-state index contributed by atoms with van der Waals surface area (Å²) in [5, 5.41) is 8.36. The van der Waals surface area contributed by atoms with E-state index >= 15 is 0 Å². The molecule has 0 bridgehead atoms. The number of nitrogens with zero attached hydrogens (tertiary/aromatic N) is 2. The van der Waals surface area contributed by atoms with Crippen molar-refractivity contribution in [1.29, 1.82) is 5.26 Å². The molecular weight excluding hydrogens is 136 g/mol. The summed E-state index contributed by atoms with van der Waals surface area (Å²) in [5.74, 6) is 0. The first kappa shape index (κ1) is 7.74. The molecule has 0 saturated heterocycles. The molecule has 0 aliphatic carbocycles. The molecule has 1 aromatic rings. The zero-order valence-electron chi connectivity index (χ0n) is 6.62. The highest BCUT2D eigenvalue weighted by molar-refractivity contribution is 4.98. The SMILES string of the molecule is C[n+]1ccccc1CCC#N. The minimum absolute atomic E-state index is 0.595. The molecule has 0 atom stereocenters. The fraction of sp³-hybridized carbons (Fsp3) is 0.333. The van der Waals surface area contributed by atoms with Crippen LogP contribution in [0.3, 0.4) is 0 Å². The molecule has 11 heavy (non-hydrogen) atoms. The number of pyridine rings is 1. The van der Waals surface area contributed by atoms with Crippen LogP contribution in [0.1, 0.15) is 12.1 Å². The maximum absolute atomic E-state index is 8.36. The van der Waals surface area contributed by atoms with Crippen molar-refractivity contribution in [3.05, 3.63) is 30.1 Å². The lowest BCUT2D eigenvalue weighted by Gasteiger charge is -1.93. The van der Waals surface area contributed by atoms with Gasteiger partial charge in [0.25, 0.3) is 0 Å². The smallest absolute Gasteiger partial charge is 0.182 e. The summed E-state index contributed by atoms with van der Waals surface area (Å²) in [4.78, 5) is 0. The number of rotatable bonds is 2. The van der Waals surface area contributed by atoms with Gasteiger partial charge in [0, 0.05) is 25.0 Å². The first-order valence-corrected chi connectivity index (χ1v) is 3.65. The van der Waals surface area contributed by atoms with Crippen LogP contribution >= 0.6 is 0 Å². The Kier molecular flexibility index (Phi) is 2.62. The molecule has 2 heteroatoms. The van der Waals surface area contributed by atoms with Crippen molar-refractivity contribution in [3.63, 3.8) is 0 Å². The quantitative estimate of drug-likeness (QED) is 0.573. The number of hydrogen-bond donors (Lipinski definition) is 0. The Labute approximate surface area is 66.7 Å². The summed E-state index contributed by atoms with van der Waals surface area (Å²) in [7, 11) is 1.99. The Hall–Kier alpha value is -1.36.